The van der Waals surface area contributed by atoms with Gasteiger partial charge in [0.05, 0.1) is 5.52 Å². The van der Waals surface area contributed by atoms with Crippen molar-refractivity contribution in [2.24, 2.45) is 0 Å². The fourth-order valence-electron chi connectivity index (χ4n) is 5.13. The van der Waals surface area contributed by atoms with E-state index in [1.165, 1.54) is 21.6 Å². The molecule has 2 aromatic carbocycles. The highest BCUT2D eigenvalue weighted by Gasteiger charge is 2.27. The van der Waals surface area contributed by atoms with Gasteiger partial charge in [0, 0.05) is 48.6 Å². The molecule has 1 aliphatic rings. The maximum absolute atomic E-state index is 11.4. The number of benzene rings is 2. The number of hydrogen-bond acceptors (Lipinski definition) is 7. The zero-order valence-electron chi connectivity index (χ0n) is 21.2. The normalized spacial score (nSPS) is 15.8. The maximum atomic E-state index is 11.4. The highest BCUT2D eigenvalue weighted by molar-refractivity contribution is 5.93. The van der Waals surface area contributed by atoms with Crippen molar-refractivity contribution in [2.45, 2.75) is 26.3 Å². The summed E-state index contributed by atoms with van der Waals surface area (Å²) in [6, 6.07) is 16.7. The van der Waals surface area contributed by atoms with Crippen molar-refractivity contribution in [3.8, 4) is 0 Å². The molecular weight excluding hydrogens is 480 g/mol. The third-order valence-corrected chi connectivity index (χ3v) is 7.19. The average Bonchev–Trinajstić information content (AvgIpc) is 3.38. The molecule has 192 valence electrons. The number of nitrogens with zero attached hydrogens (tertiary/aromatic N) is 7. The molecule has 0 radical (unpaired) electrons. The number of rotatable bonds is 5. The molecule has 10 nitrogen and oxygen atoms in total. The van der Waals surface area contributed by atoms with Gasteiger partial charge in [0.1, 0.15) is 18.5 Å². The van der Waals surface area contributed by atoms with Crippen LogP contribution >= 0.6 is 0 Å². The molecule has 6 rings (SSSR count). The first-order valence-electron chi connectivity index (χ1n) is 12.6. The van der Waals surface area contributed by atoms with E-state index in [1.807, 2.05) is 18.3 Å². The van der Waals surface area contributed by atoms with Gasteiger partial charge in [0.15, 0.2) is 5.65 Å². The largest absolute Gasteiger partial charge is 0.465 e. The topological polar surface area (TPSA) is 112 Å². The molecule has 0 saturated carbocycles. The summed E-state index contributed by atoms with van der Waals surface area (Å²) >= 11 is 0. The lowest BCUT2D eigenvalue weighted by atomic mass is 10.0. The molecule has 1 saturated heterocycles. The Balaban J connectivity index is 1.23. The lowest BCUT2D eigenvalue weighted by Crippen LogP contribution is -2.53. The number of aryl methyl sites for hydroxylation is 1. The Labute approximate surface area is 219 Å². The van der Waals surface area contributed by atoms with Crippen LogP contribution in [-0.4, -0.2) is 66.3 Å². The molecule has 1 atom stereocenters. The molecule has 38 heavy (non-hydrogen) atoms. The third-order valence-electron chi connectivity index (χ3n) is 7.19. The number of aromatic nitrogens is 5. The molecule has 2 N–H and O–H groups in total. The van der Waals surface area contributed by atoms with Crippen molar-refractivity contribution in [3.63, 3.8) is 0 Å². The van der Waals surface area contributed by atoms with Crippen LogP contribution in [0.1, 0.15) is 23.6 Å². The van der Waals surface area contributed by atoms with E-state index in [1.54, 1.807) is 17.2 Å². The van der Waals surface area contributed by atoms with Crippen molar-refractivity contribution < 1.29 is 9.90 Å². The molecule has 1 aliphatic heterocycles. The SMILES string of the molecule is Cc1cc(Nc2ncnc3ccc(N4CCN(C(=O)O)C[C@@H]4C)cc23)ccc1Cc1ccn2ncnc2c1. The van der Waals surface area contributed by atoms with Crippen LogP contribution in [0.3, 0.4) is 0 Å². The lowest BCUT2D eigenvalue weighted by Gasteiger charge is -2.40. The van der Waals surface area contributed by atoms with E-state index in [4.69, 9.17) is 0 Å². The smallest absolute Gasteiger partial charge is 0.407 e. The van der Waals surface area contributed by atoms with E-state index in [0.29, 0.717) is 19.6 Å². The van der Waals surface area contributed by atoms with E-state index >= 15 is 0 Å². The summed E-state index contributed by atoms with van der Waals surface area (Å²) in [5.41, 5.74) is 7.27. The van der Waals surface area contributed by atoms with Crippen molar-refractivity contribution in [1.82, 2.24) is 29.5 Å². The molecule has 1 fully saturated rings. The minimum absolute atomic E-state index is 0.0685. The third kappa shape index (κ3) is 4.56. The quantitative estimate of drug-likeness (QED) is 0.357. The molecule has 1 amide bonds. The van der Waals surface area contributed by atoms with Gasteiger partial charge in [0.25, 0.3) is 0 Å². The molecule has 4 heterocycles. The number of nitrogens with one attached hydrogen (secondary N) is 1. The predicted octanol–water partition coefficient (Wildman–Crippen LogP) is 4.50. The second kappa shape index (κ2) is 9.62. The minimum atomic E-state index is -0.868. The van der Waals surface area contributed by atoms with E-state index in [-0.39, 0.29) is 6.04 Å². The van der Waals surface area contributed by atoms with Gasteiger partial charge in [-0.25, -0.2) is 24.3 Å². The zero-order chi connectivity index (χ0) is 26.2. The first-order chi connectivity index (χ1) is 18.4. The van der Waals surface area contributed by atoms with Crippen molar-refractivity contribution in [3.05, 3.63) is 84.1 Å². The number of piperazine rings is 1. The van der Waals surface area contributed by atoms with Crippen LogP contribution in [0.25, 0.3) is 16.6 Å². The van der Waals surface area contributed by atoms with Crippen LogP contribution in [0.4, 0.5) is 22.0 Å². The molecule has 5 aromatic rings. The summed E-state index contributed by atoms with van der Waals surface area (Å²) in [4.78, 5) is 28.4. The first kappa shape index (κ1) is 23.7. The fourth-order valence-corrected chi connectivity index (χ4v) is 5.13. The second-order valence-corrected chi connectivity index (χ2v) is 9.74. The summed E-state index contributed by atoms with van der Waals surface area (Å²) in [6.07, 6.45) is 5.00. The van der Waals surface area contributed by atoms with Gasteiger partial charge in [-0.2, -0.15) is 5.10 Å². The average molecular weight is 509 g/mol. The molecule has 0 bridgehead atoms. The number of fused-ring (bicyclic) bond motifs is 2. The van der Waals surface area contributed by atoms with E-state index in [0.717, 1.165) is 40.2 Å². The van der Waals surface area contributed by atoms with Gasteiger partial charge in [-0.3, -0.25) is 0 Å². The Morgan fingerprint density at radius 1 is 1.05 bits per heavy atom. The van der Waals surface area contributed by atoms with Gasteiger partial charge < -0.3 is 20.2 Å². The monoisotopic (exact) mass is 508 g/mol. The van der Waals surface area contributed by atoms with E-state index in [2.05, 4.69) is 80.5 Å². The minimum Gasteiger partial charge on any atom is -0.465 e. The number of amides is 1. The molecular formula is C28H28N8O2. The molecule has 10 heteroatoms. The lowest BCUT2D eigenvalue weighted by molar-refractivity contribution is 0.136. The second-order valence-electron chi connectivity index (χ2n) is 9.74. The zero-order valence-corrected chi connectivity index (χ0v) is 21.2. The van der Waals surface area contributed by atoms with Gasteiger partial charge >= 0.3 is 6.09 Å². The van der Waals surface area contributed by atoms with Crippen LogP contribution in [0.15, 0.2) is 67.4 Å². The number of hydrogen-bond donors (Lipinski definition) is 2. The van der Waals surface area contributed by atoms with E-state index in [9.17, 15) is 9.90 Å². The number of carboxylic acid groups (broad SMARTS) is 1. The standard InChI is InChI=1S/C28H28N8O2/c1-18-11-22(4-3-21(18)12-20-7-8-36-26(13-20)30-17-32-36)33-27-24-14-23(5-6-25(24)29-16-31-27)35-10-9-34(28(37)38)15-19(35)2/h3-8,11,13-14,16-17,19H,9-10,12,15H2,1-2H3,(H,37,38)(H,29,31,33)/t19-/m0/s1. The molecule has 0 aliphatic carbocycles. The van der Waals surface area contributed by atoms with E-state index < -0.39 is 6.09 Å². The van der Waals surface area contributed by atoms with Gasteiger partial charge in [-0.15, -0.1) is 0 Å². The number of carbonyl (C=O) groups is 1. The van der Waals surface area contributed by atoms with Crippen LogP contribution in [0, 0.1) is 6.92 Å². The first-order valence-corrected chi connectivity index (χ1v) is 12.6. The predicted molar refractivity (Wildman–Crippen MR) is 146 cm³/mol. The van der Waals surface area contributed by atoms with Gasteiger partial charge in [0.2, 0.25) is 0 Å². The summed E-state index contributed by atoms with van der Waals surface area (Å²) in [6.45, 7) is 5.76. The number of pyridine rings is 1. The molecule has 0 spiro atoms. The summed E-state index contributed by atoms with van der Waals surface area (Å²) in [5.74, 6) is 0.734. The Kier molecular flexibility index (Phi) is 5.99. The molecule has 3 aromatic heterocycles. The highest BCUT2D eigenvalue weighted by atomic mass is 16.4. The Morgan fingerprint density at radius 3 is 2.76 bits per heavy atom. The Morgan fingerprint density at radius 2 is 1.95 bits per heavy atom. The Hall–Kier alpha value is -4.73. The van der Waals surface area contributed by atoms with Gasteiger partial charge in [-0.1, -0.05) is 6.07 Å². The van der Waals surface area contributed by atoms with Crippen LogP contribution < -0.4 is 10.2 Å². The maximum Gasteiger partial charge on any atom is 0.407 e. The highest BCUT2D eigenvalue weighted by Crippen LogP contribution is 2.30. The fraction of sp³-hybridized carbons (Fsp3) is 0.250. The Bertz CT molecular complexity index is 1650. The van der Waals surface area contributed by atoms with Crippen molar-refractivity contribution in [1.29, 1.82) is 0 Å². The van der Waals surface area contributed by atoms with Crippen molar-refractivity contribution in [2.75, 3.05) is 29.9 Å². The summed E-state index contributed by atoms with van der Waals surface area (Å²) < 4.78 is 1.76. The summed E-state index contributed by atoms with van der Waals surface area (Å²) in [7, 11) is 0. The van der Waals surface area contributed by atoms with Crippen LogP contribution in [0.2, 0.25) is 0 Å². The summed E-state index contributed by atoms with van der Waals surface area (Å²) in [5, 5.41) is 17.9. The number of anilines is 3. The van der Waals surface area contributed by atoms with Crippen LogP contribution in [0.5, 0.6) is 0 Å². The van der Waals surface area contributed by atoms with Crippen molar-refractivity contribution >= 4 is 39.8 Å². The van der Waals surface area contributed by atoms with Gasteiger partial charge in [-0.05, 0) is 79.4 Å². The van der Waals surface area contributed by atoms with Crippen LogP contribution in [-0.2, 0) is 6.42 Å². The molecule has 0 unspecified atom stereocenters.